The van der Waals surface area contributed by atoms with Crippen LogP contribution in [0.3, 0.4) is 0 Å². The molecule has 1 N–H and O–H groups in total. The zero-order valence-corrected chi connectivity index (χ0v) is 16.5. The van der Waals surface area contributed by atoms with E-state index in [1.165, 1.54) is 11.8 Å². The van der Waals surface area contributed by atoms with Crippen LogP contribution in [-0.4, -0.2) is 21.1 Å². The highest BCUT2D eigenvalue weighted by molar-refractivity contribution is 8.00. The van der Waals surface area contributed by atoms with Gasteiger partial charge in [-0.1, -0.05) is 61.2 Å². The van der Waals surface area contributed by atoms with Gasteiger partial charge in [-0.05, 0) is 31.5 Å². The fourth-order valence-corrected chi connectivity index (χ4v) is 3.64. The molecule has 0 radical (unpaired) electrons. The first kappa shape index (κ1) is 19.6. The molecule has 0 saturated carbocycles. The number of amides is 1. The van der Waals surface area contributed by atoms with Crippen LogP contribution in [0.1, 0.15) is 24.6 Å². The first-order valence-electron chi connectivity index (χ1n) is 8.98. The molecule has 1 atom stereocenters. The van der Waals surface area contributed by atoms with E-state index >= 15 is 0 Å². The number of nitrogens with one attached hydrogen (secondary N) is 1. The second-order valence-corrected chi connectivity index (χ2v) is 7.37. The van der Waals surface area contributed by atoms with Crippen LogP contribution in [0.5, 0.6) is 0 Å². The first-order chi connectivity index (χ1) is 13.6. The van der Waals surface area contributed by atoms with E-state index in [-0.39, 0.29) is 11.2 Å². The summed E-state index contributed by atoms with van der Waals surface area (Å²) in [7, 11) is 0. The Morgan fingerprint density at radius 2 is 1.86 bits per heavy atom. The molecular weight excluding hydrogens is 368 g/mol. The standard InChI is InChI=1S/C22H20N4OS/c1-3-20(21(27)25-18-12-8-7-11-17(18)14-23)28-22-24-15(2)13-19(26-22)16-9-5-4-6-10-16/h4-13,20H,3H2,1-2H3,(H,25,27). The summed E-state index contributed by atoms with van der Waals surface area (Å²) in [5, 5.41) is 12.3. The number of aromatic nitrogens is 2. The molecule has 0 aliphatic heterocycles. The molecule has 6 heteroatoms. The van der Waals surface area contributed by atoms with Crippen LogP contribution in [0.15, 0.2) is 65.8 Å². The van der Waals surface area contributed by atoms with E-state index in [1.807, 2.05) is 50.2 Å². The Balaban J connectivity index is 1.80. The third kappa shape index (κ3) is 4.76. The average molecular weight is 388 g/mol. The van der Waals surface area contributed by atoms with Crippen molar-refractivity contribution >= 4 is 23.4 Å². The molecule has 1 amide bonds. The topological polar surface area (TPSA) is 78.7 Å². The number of para-hydroxylation sites is 1. The SMILES string of the molecule is CCC(Sc1nc(C)cc(-c2ccccc2)n1)C(=O)Nc1ccccc1C#N. The van der Waals surface area contributed by atoms with Crippen LogP contribution in [0.2, 0.25) is 0 Å². The molecule has 0 saturated heterocycles. The molecule has 140 valence electrons. The fourth-order valence-electron chi connectivity index (χ4n) is 2.70. The lowest BCUT2D eigenvalue weighted by atomic mass is 10.1. The number of hydrogen-bond acceptors (Lipinski definition) is 5. The third-order valence-electron chi connectivity index (χ3n) is 4.12. The van der Waals surface area contributed by atoms with E-state index in [9.17, 15) is 10.1 Å². The summed E-state index contributed by atoms with van der Waals surface area (Å²) < 4.78 is 0. The van der Waals surface area contributed by atoms with E-state index in [2.05, 4.69) is 21.4 Å². The normalized spacial score (nSPS) is 11.5. The summed E-state index contributed by atoms with van der Waals surface area (Å²) in [4.78, 5) is 21.9. The third-order valence-corrected chi connectivity index (χ3v) is 5.34. The Morgan fingerprint density at radius 3 is 2.57 bits per heavy atom. The van der Waals surface area contributed by atoms with Crippen molar-refractivity contribution < 1.29 is 4.79 Å². The van der Waals surface area contributed by atoms with Gasteiger partial charge in [0.2, 0.25) is 5.91 Å². The van der Waals surface area contributed by atoms with Gasteiger partial charge in [0, 0.05) is 11.3 Å². The quantitative estimate of drug-likeness (QED) is 0.483. The van der Waals surface area contributed by atoms with Crippen molar-refractivity contribution in [2.75, 3.05) is 5.32 Å². The molecule has 3 aromatic rings. The number of aryl methyl sites for hydroxylation is 1. The van der Waals surface area contributed by atoms with E-state index in [1.54, 1.807) is 24.3 Å². The maximum absolute atomic E-state index is 12.8. The number of carbonyl (C=O) groups excluding carboxylic acids is 1. The molecule has 28 heavy (non-hydrogen) atoms. The van der Waals surface area contributed by atoms with Gasteiger partial charge in [0.25, 0.3) is 0 Å². The fraction of sp³-hybridized carbons (Fsp3) is 0.182. The van der Waals surface area contributed by atoms with Crippen molar-refractivity contribution in [1.82, 2.24) is 9.97 Å². The Hall–Kier alpha value is -3.17. The lowest BCUT2D eigenvalue weighted by Gasteiger charge is -2.15. The van der Waals surface area contributed by atoms with Crippen LogP contribution in [-0.2, 0) is 4.79 Å². The van der Waals surface area contributed by atoms with Crippen molar-refractivity contribution in [3.05, 3.63) is 71.9 Å². The van der Waals surface area contributed by atoms with E-state index in [0.717, 1.165) is 17.0 Å². The Labute approximate surface area is 168 Å². The Morgan fingerprint density at radius 1 is 1.14 bits per heavy atom. The van der Waals surface area contributed by atoms with Crippen molar-refractivity contribution in [2.24, 2.45) is 0 Å². The number of benzene rings is 2. The van der Waals surface area contributed by atoms with Crippen LogP contribution >= 0.6 is 11.8 Å². The number of hydrogen-bond donors (Lipinski definition) is 1. The van der Waals surface area contributed by atoms with Crippen LogP contribution in [0, 0.1) is 18.3 Å². The predicted molar refractivity (Wildman–Crippen MR) is 112 cm³/mol. The van der Waals surface area contributed by atoms with E-state index in [4.69, 9.17) is 0 Å². The summed E-state index contributed by atoms with van der Waals surface area (Å²) in [5.74, 6) is -0.165. The van der Waals surface area contributed by atoms with Crippen LogP contribution in [0.4, 0.5) is 5.69 Å². The zero-order valence-electron chi connectivity index (χ0n) is 15.7. The Kier molecular flexibility index (Phi) is 6.41. The summed E-state index contributed by atoms with van der Waals surface area (Å²) in [6.07, 6.45) is 0.614. The van der Waals surface area contributed by atoms with Crippen molar-refractivity contribution in [1.29, 1.82) is 5.26 Å². The van der Waals surface area contributed by atoms with Gasteiger partial charge in [0.05, 0.1) is 22.2 Å². The molecule has 0 spiro atoms. The second-order valence-electron chi connectivity index (χ2n) is 6.20. The first-order valence-corrected chi connectivity index (χ1v) is 9.86. The van der Waals surface area contributed by atoms with Gasteiger partial charge in [0.15, 0.2) is 5.16 Å². The molecule has 0 bridgehead atoms. The molecule has 0 aliphatic carbocycles. The minimum absolute atomic E-state index is 0.165. The van der Waals surface area contributed by atoms with Gasteiger partial charge >= 0.3 is 0 Å². The average Bonchev–Trinajstić information content (AvgIpc) is 2.72. The number of nitriles is 1. The number of anilines is 1. The van der Waals surface area contributed by atoms with E-state index in [0.29, 0.717) is 22.8 Å². The smallest absolute Gasteiger partial charge is 0.238 e. The van der Waals surface area contributed by atoms with Crippen molar-refractivity contribution in [3.8, 4) is 17.3 Å². The van der Waals surface area contributed by atoms with E-state index < -0.39 is 0 Å². The van der Waals surface area contributed by atoms with Crippen LogP contribution in [0.25, 0.3) is 11.3 Å². The van der Waals surface area contributed by atoms with Gasteiger partial charge < -0.3 is 5.32 Å². The van der Waals surface area contributed by atoms with Crippen molar-refractivity contribution in [2.45, 2.75) is 30.7 Å². The number of rotatable bonds is 6. The summed E-state index contributed by atoms with van der Waals surface area (Å²) in [5.41, 5.74) is 3.65. The predicted octanol–water partition coefficient (Wildman–Crippen LogP) is 4.83. The zero-order chi connectivity index (χ0) is 19.9. The highest BCUT2D eigenvalue weighted by Gasteiger charge is 2.21. The van der Waals surface area contributed by atoms with Gasteiger partial charge in [0.1, 0.15) is 6.07 Å². The van der Waals surface area contributed by atoms with Gasteiger partial charge in [-0.3, -0.25) is 4.79 Å². The molecule has 2 aromatic carbocycles. The lowest BCUT2D eigenvalue weighted by Crippen LogP contribution is -2.25. The highest BCUT2D eigenvalue weighted by atomic mass is 32.2. The molecule has 5 nitrogen and oxygen atoms in total. The molecule has 1 unspecified atom stereocenters. The monoisotopic (exact) mass is 388 g/mol. The molecule has 1 heterocycles. The van der Waals surface area contributed by atoms with Gasteiger partial charge in [-0.15, -0.1) is 0 Å². The number of nitrogens with zero attached hydrogens (tertiary/aromatic N) is 3. The highest BCUT2D eigenvalue weighted by Crippen LogP contribution is 2.27. The molecular formula is C22H20N4OS. The summed E-state index contributed by atoms with van der Waals surface area (Å²) >= 11 is 1.34. The summed E-state index contributed by atoms with van der Waals surface area (Å²) in [6, 6.07) is 20.9. The second kappa shape index (κ2) is 9.16. The summed E-state index contributed by atoms with van der Waals surface area (Å²) in [6.45, 7) is 3.86. The maximum atomic E-state index is 12.8. The molecule has 0 fully saturated rings. The van der Waals surface area contributed by atoms with Gasteiger partial charge in [-0.2, -0.15) is 5.26 Å². The van der Waals surface area contributed by atoms with Crippen LogP contribution < -0.4 is 5.32 Å². The Bertz CT molecular complexity index is 1010. The van der Waals surface area contributed by atoms with Gasteiger partial charge in [-0.25, -0.2) is 9.97 Å². The largest absolute Gasteiger partial charge is 0.324 e. The molecule has 3 rings (SSSR count). The lowest BCUT2D eigenvalue weighted by molar-refractivity contribution is -0.115. The number of carbonyl (C=O) groups is 1. The molecule has 1 aromatic heterocycles. The van der Waals surface area contributed by atoms with Crippen molar-refractivity contribution in [3.63, 3.8) is 0 Å². The number of thioether (sulfide) groups is 1. The minimum atomic E-state index is -0.364. The maximum Gasteiger partial charge on any atom is 0.238 e. The molecule has 0 aliphatic rings. The minimum Gasteiger partial charge on any atom is -0.324 e.